The molecule has 0 amide bonds. The summed E-state index contributed by atoms with van der Waals surface area (Å²) in [7, 11) is 1.98. The zero-order chi connectivity index (χ0) is 22.2. The highest BCUT2D eigenvalue weighted by molar-refractivity contribution is 14.0. The molecule has 3 heterocycles. The predicted molar refractivity (Wildman–Crippen MR) is 141 cm³/mol. The van der Waals surface area contributed by atoms with Crippen LogP contribution in [0.15, 0.2) is 59.7 Å². The molecule has 1 aliphatic heterocycles. The first kappa shape index (κ1) is 25.1. The molecule has 176 valence electrons. The Morgan fingerprint density at radius 3 is 2.48 bits per heavy atom. The molecule has 2 aromatic heterocycles. The fourth-order valence-electron chi connectivity index (χ4n) is 3.82. The number of benzene rings is 1. The zero-order valence-corrected chi connectivity index (χ0v) is 21.6. The van der Waals surface area contributed by atoms with Crippen LogP contribution in [-0.2, 0) is 26.7 Å². The number of guanidine groups is 1. The molecule has 9 heteroatoms. The van der Waals surface area contributed by atoms with Crippen molar-refractivity contribution in [3.8, 4) is 0 Å². The lowest BCUT2D eigenvalue weighted by Gasteiger charge is -2.32. The summed E-state index contributed by atoms with van der Waals surface area (Å²) in [4.78, 5) is 11.8. The monoisotopic (exact) mass is 560 g/mol. The van der Waals surface area contributed by atoms with Crippen LogP contribution in [0.25, 0.3) is 0 Å². The summed E-state index contributed by atoms with van der Waals surface area (Å²) in [5.41, 5.74) is 2.32. The van der Waals surface area contributed by atoms with Gasteiger partial charge in [-0.2, -0.15) is 0 Å². The van der Waals surface area contributed by atoms with Crippen LogP contribution < -0.4 is 10.6 Å². The van der Waals surface area contributed by atoms with Crippen molar-refractivity contribution in [1.82, 2.24) is 35.3 Å². The molecule has 1 aliphatic rings. The highest BCUT2D eigenvalue weighted by Gasteiger charge is 2.20. The van der Waals surface area contributed by atoms with Crippen molar-refractivity contribution in [1.29, 1.82) is 0 Å². The van der Waals surface area contributed by atoms with Crippen LogP contribution in [0.4, 0.5) is 0 Å². The van der Waals surface area contributed by atoms with E-state index in [1.165, 1.54) is 5.56 Å². The van der Waals surface area contributed by atoms with Crippen molar-refractivity contribution in [2.75, 3.05) is 13.1 Å². The zero-order valence-electron chi connectivity index (χ0n) is 19.3. The van der Waals surface area contributed by atoms with E-state index in [1.807, 2.05) is 49.0 Å². The third kappa shape index (κ3) is 7.50. The highest BCUT2D eigenvalue weighted by atomic mass is 127. The molecule has 0 aliphatic carbocycles. The molecule has 4 rings (SSSR count). The first-order valence-corrected chi connectivity index (χ1v) is 11.2. The van der Waals surface area contributed by atoms with Crippen molar-refractivity contribution in [3.63, 3.8) is 0 Å². The lowest BCUT2D eigenvalue weighted by molar-refractivity contribution is 0.196. The van der Waals surface area contributed by atoms with E-state index in [0.29, 0.717) is 19.1 Å². The first-order valence-electron chi connectivity index (χ1n) is 11.2. The Hall–Kier alpha value is -2.53. The van der Waals surface area contributed by atoms with Crippen molar-refractivity contribution in [2.24, 2.45) is 12.0 Å². The first-order chi connectivity index (χ1) is 15.7. The molecule has 1 fully saturated rings. The highest BCUT2D eigenvalue weighted by Crippen LogP contribution is 2.13. The maximum atomic E-state index is 4.84. The third-order valence-corrected chi connectivity index (χ3v) is 5.90. The number of aliphatic imine (C=N–C) groups is 1. The minimum absolute atomic E-state index is 0. The summed E-state index contributed by atoms with van der Waals surface area (Å²) in [5.74, 6) is 2.61. The van der Waals surface area contributed by atoms with E-state index in [4.69, 9.17) is 4.99 Å². The van der Waals surface area contributed by atoms with Gasteiger partial charge < -0.3 is 15.2 Å². The Kier molecular flexibility index (Phi) is 9.61. The summed E-state index contributed by atoms with van der Waals surface area (Å²) < 4.78 is 2.00. The van der Waals surface area contributed by atoms with Crippen molar-refractivity contribution < 1.29 is 0 Å². The SMILES string of the molecule is Cc1nnc(CNC(=NCc2ccccc2)NC2CCN(Cc3ccccn3)CC2)n1C.I. The van der Waals surface area contributed by atoms with E-state index in [1.54, 1.807) is 0 Å². The molecule has 1 saturated heterocycles. The Morgan fingerprint density at radius 2 is 1.82 bits per heavy atom. The third-order valence-electron chi connectivity index (χ3n) is 5.90. The Balaban J connectivity index is 0.00000306. The van der Waals surface area contributed by atoms with Gasteiger partial charge in [0.2, 0.25) is 0 Å². The molecule has 0 unspecified atom stereocenters. The number of hydrogen-bond donors (Lipinski definition) is 2. The second kappa shape index (κ2) is 12.6. The second-order valence-electron chi connectivity index (χ2n) is 8.24. The van der Waals surface area contributed by atoms with E-state index in [2.05, 4.69) is 55.0 Å². The lowest BCUT2D eigenvalue weighted by atomic mass is 10.0. The number of aromatic nitrogens is 4. The van der Waals surface area contributed by atoms with Gasteiger partial charge in [-0.05, 0) is 37.5 Å². The van der Waals surface area contributed by atoms with Crippen LogP contribution in [0.3, 0.4) is 0 Å². The number of rotatable bonds is 7. The second-order valence-corrected chi connectivity index (χ2v) is 8.24. The van der Waals surface area contributed by atoms with Gasteiger partial charge >= 0.3 is 0 Å². The summed E-state index contributed by atoms with van der Waals surface area (Å²) in [6.07, 6.45) is 4.01. The fraction of sp³-hybridized carbons (Fsp3) is 0.417. The standard InChI is InChI=1S/C24H32N8.HI/c1-19-29-30-23(31(19)2)17-27-24(26-16-20-8-4-3-5-9-20)28-21-11-14-32(15-12-21)18-22-10-6-7-13-25-22;/h3-10,13,21H,11-12,14-18H2,1-2H3,(H2,26,27,28);1H. The molecule has 0 atom stereocenters. The van der Waals surface area contributed by atoms with Gasteiger partial charge in [0, 0.05) is 38.9 Å². The normalized spacial score (nSPS) is 15.2. The average Bonchev–Trinajstić information content (AvgIpc) is 3.15. The topological polar surface area (TPSA) is 83.3 Å². The number of nitrogens with one attached hydrogen (secondary N) is 2. The lowest BCUT2D eigenvalue weighted by Crippen LogP contribution is -2.48. The summed E-state index contributed by atoms with van der Waals surface area (Å²) in [5, 5.41) is 15.5. The van der Waals surface area contributed by atoms with Gasteiger partial charge in [0.25, 0.3) is 0 Å². The van der Waals surface area contributed by atoms with E-state index in [0.717, 1.165) is 55.8 Å². The van der Waals surface area contributed by atoms with E-state index in [9.17, 15) is 0 Å². The molecule has 1 aromatic carbocycles. The molecule has 0 bridgehead atoms. The molecule has 8 nitrogen and oxygen atoms in total. The number of pyridine rings is 1. The summed E-state index contributed by atoms with van der Waals surface area (Å²) in [6.45, 7) is 6.17. The average molecular weight is 560 g/mol. The largest absolute Gasteiger partial charge is 0.354 e. The molecule has 2 N–H and O–H groups in total. The maximum absolute atomic E-state index is 4.84. The van der Waals surface area contributed by atoms with Crippen molar-refractivity contribution in [2.45, 2.75) is 45.4 Å². The maximum Gasteiger partial charge on any atom is 0.192 e. The summed E-state index contributed by atoms with van der Waals surface area (Å²) in [6, 6.07) is 16.8. The quantitative estimate of drug-likeness (QED) is 0.263. The Morgan fingerprint density at radius 1 is 1.06 bits per heavy atom. The van der Waals surface area contributed by atoms with Gasteiger partial charge in [-0.15, -0.1) is 34.2 Å². The van der Waals surface area contributed by atoms with Crippen LogP contribution in [0.1, 0.15) is 35.7 Å². The van der Waals surface area contributed by atoms with Crippen LogP contribution in [-0.4, -0.2) is 49.7 Å². The van der Waals surface area contributed by atoms with Crippen molar-refractivity contribution in [3.05, 3.63) is 77.6 Å². The van der Waals surface area contributed by atoms with Gasteiger partial charge in [0.1, 0.15) is 5.82 Å². The van der Waals surface area contributed by atoms with E-state index < -0.39 is 0 Å². The van der Waals surface area contributed by atoms with Gasteiger partial charge in [-0.1, -0.05) is 36.4 Å². The summed E-state index contributed by atoms with van der Waals surface area (Å²) >= 11 is 0. The number of halogens is 1. The number of nitrogens with zero attached hydrogens (tertiary/aromatic N) is 6. The van der Waals surface area contributed by atoms with E-state index >= 15 is 0 Å². The number of piperidine rings is 1. The molecule has 3 aromatic rings. The molecule has 0 radical (unpaired) electrons. The van der Waals surface area contributed by atoms with Crippen LogP contribution >= 0.6 is 24.0 Å². The fourth-order valence-corrected chi connectivity index (χ4v) is 3.82. The van der Waals surface area contributed by atoms with Crippen molar-refractivity contribution >= 4 is 29.9 Å². The van der Waals surface area contributed by atoms with Crippen LogP contribution in [0, 0.1) is 6.92 Å². The molecule has 0 saturated carbocycles. The van der Waals surface area contributed by atoms with Gasteiger partial charge in [0.15, 0.2) is 11.8 Å². The molecule has 33 heavy (non-hydrogen) atoms. The molecular formula is C24H33IN8. The smallest absolute Gasteiger partial charge is 0.192 e. The molecule has 0 spiro atoms. The predicted octanol–water partition coefficient (Wildman–Crippen LogP) is 3.04. The van der Waals surface area contributed by atoms with Gasteiger partial charge in [-0.25, -0.2) is 4.99 Å². The number of hydrogen-bond acceptors (Lipinski definition) is 5. The number of likely N-dealkylation sites (tertiary alicyclic amines) is 1. The minimum Gasteiger partial charge on any atom is -0.354 e. The minimum atomic E-state index is 0. The van der Waals surface area contributed by atoms with Gasteiger partial charge in [-0.3, -0.25) is 9.88 Å². The Bertz CT molecular complexity index is 998. The van der Waals surface area contributed by atoms with Gasteiger partial charge in [0.05, 0.1) is 18.8 Å². The van der Waals surface area contributed by atoms with Crippen LogP contribution in [0.2, 0.25) is 0 Å². The number of aryl methyl sites for hydroxylation is 1. The molecular weight excluding hydrogens is 527 g/mol. The van der Waals surface area contributed by atoms with Crippen LogP contribution in [0.5, 0.6) is 0 Å². The Labute approximate surface area is 212 Å². The van der Waals surface area contributed by atoms with E-state index in [-0.39, 0.29) is 24.0 Å².